The number of fused-ring (bicyclic) bond motifs is 1. The molecule has 2 aliphatic rings. The van der Waals surface area contributed by atoms with Crippen LogP contribution in [0.5, 0.6) is 0 Å². The first kappa shape index (κ1) is 13.6. The summed E-state index contributed by atoms with van der Waals surface area (Å²) in [5.74, 6) is 0.652. The summed E-state index contributed by atoms with van der Waals surface area (Å²) >= 11 is 0. The zero-order valence-corrected chi connectivity index (χ0v) is 12.1. The maximum Gasteiger partial charge on any atom is 0.227 e. The van der Waals surface area contributed by atoms with Crippen LogP contribution in [0, 0.1) is 5.92 Å². The summed E-state index contributed by atoms with van der Waals surface area (Å²) in [7, 11) is 0. The van der Waals surface area contributed by atoms with E-state index >= 15 is 0 Å². The number of nitrogens with zero attached hydrogens (tertiary/aromatic N) is 1. The zero-order valence-electron chi connectivity index (χ0n) is 12.1. The average Bonchev–Trinajstić information content (AvgIpc) is 2.75. The predicted molar refractivity (Wildman–Crippen MR) is 81.7 cm³/mol. The molecule has 0 radical (unpaired) electrons. The van der Waals surface area contributed by atoms with Crippen molar-refractivity contribution in [1.82, 2.24) is 0 Å². The number of aryl methyl sites for hydroxylation is 1. The number of benzene rings is 1. The lowest BCUT2D eigenvalue weighted by molar-refractivity contribution is -0.119. The van der Waals surface area contributed by atoms with E-state index in [9.17, 15) is 4.79 Å². The first-order chi connectivity index (χ1) is 9.75. The molecule has 3 nitrogen and oxygen atoms in total. The highest BCUT2D eigenvalue weighted by atomic mass is 16.2. The summed E-state index contributed by atoms with van der Waals surface area (Å²) in [6.45, 7) is 0.859. The Morgan fingerprint density at radius 3 is 2.85 bits per heavy atom. The van der Waals surface area contributed by atoms with Gasteiger partial charge in [0, 0.05) is 24.7 Å². The third-order valence-electron chi connectivity index (χ3n) is 4.82. The van der Waals surface area contributed by atoms with Crippen molar-refractivity contribution in [2.24, 2.45) is 11.7 Å². The second kappa shape index (κ2) is 5.96. The molecule has 3 rings (SSSR count). The molecule has 1 aliphatic carbocycles. The number of para-hydroxylation sites is 1. The van der Waals surface area contributed by atoms with Crippen molar-refractivity contribution in [1.29, 1.82) is 0 Å². The first-order valence-electron chi connectivity index (χ1n) is 7.89. The van der Waals surface area contributed by atoms with Crippen molar-refractivity contribution < 1.29 is 4.79 Å². The maximum atomic E-state index is 12.7. The number of carbonyl (C=O) groups is 1. The molecule has 1 aromatic rings. The van der Waals surface area contributed by atoms with Crippen LogP contribution in [0.3, 0.4) is 0 Å². The maximum absolute atomic E-state index is 12.7. The summed E-state index contributed by atoms with van der Waals surface area (Å²) in [5.41, 5.74) is 8.55. The molecule has 0 spiro atoms. The van der Waals surface area contributed by atoms with Crippen LogP contribution < -0.4 is 10.6 Å². The van der Waals surface area contributed by atoms with E-state index in [0.29, 0.717) is 12.3 Å². The van der Waals surface area contributed by atoms with Gasteiger partial charge >= 0.3 is 0 Å². The van der Waals surface area contributed by atoms with Crippen LogP contribution in [0.4, 0.5) is 5.69 Å². The van der Waals surface area contributed by atoms with Crippen LogP contribution in [0.1, 0.15) is 44.1 Å². The van der Waals surface area contributed by atoms with E-state index in [4.69, 9.17) is 5.73 Å². The normalized spacial score (nSPS) is 26.1. The highest BCUT2D eigenvalue weighted by Crippen LogP contribution is 2.31. The Kier molecular flexibility index (Phi) is 4.06. The van der Waals surface area contributed by atoms with Gasteiger partial charge in [0.2, 0.25) is 5.91 Å². The smallest absolute Gasteiger partial charge is 0.227 e. The van der Waals surface area contributed by atoms with Crippen LogP contribution in [0.15, 0.2) is 24.3 Å². The summed E-state index contributed by atoms with van der Waals surface area (Å²) in [6.07, 6.45) is 7.34. The fraction of sp³-hybridized carbons (Fsp3) is 0.588. The Hall–Kier alpha value is -1.35. The van der Waals surface area contributed by atoms with E-state index in [1.54, 1.807) is 0 Å². The first-order valence-corrected chi connectivity index (χ1v) is 7.89. The molecule has 3 heteroatoms. The molecule has 1 aliphatic heterocycles. The standard InChI is InChI=1S/C17H24N2O/c18-15-9-5-8-14(15)12-17(20)19-11-4-3-7-13-6-1-2-10-16(13)19/h1-2,6,10,14-15H,3-5,7-9,11-12,18H2/t14-,15+/m0/s1. The molecule has 20 heavy (non-hydrogen) atoms. The van der Waals surface area contributed by atoms with E-state index in [1.165, 1.54) is 18.4 Å². The van der Waals surface area contributed by atoms with Crippen molar-refractivity contribution in [2.75, 3.05) is 11.4 Å². The second-order valence-electron chi connectivity index (χ2n) is 6.19. The highest BCUT2D eigenvalue weighted by Gasteiger charge is 2.29. The third-order valence-corrected chi connectivity index (χ3v) is 4.82. The molecule has 0 aromatic heterocycles. The van der Waals surface area contributed by atoms with Crippen LogP contribution in [0.2, 0.25) is 0 Å². The van der Waals surface area contributed by atoms with Crippen molar-refractivity contribution in [2.45, 2.75) is 51.0 Å². The second-order valence-corrected chi connectivity index (χ2v) is 6.19. The van der Waals surface area contributed by atoms with E-state index in [-0.39, 0.29) is 11.9 Å². The molecule has 2 N–H and O–H groups in total. The Labute approximate surface area is 121 Å². The van der Waals surface area contributed by atoms with Crippen LogP contribution in [-0.4, -0.2) is 18.5 Å². The van der Waals surface area contributed by atoms with Crippen LogP contribution in [0.25, 0.3) is 0 Å². The van der Waals surface area contributed by atoms with Crippen LogP contribution in [-0.2, 0) is 11.2 Å². The number of hydrogen-bond donors (Lipinski definition) is 1. The number of anilines is 1. The number of hydrogen-bond acceptors (Lipinski definition) is 2. The number of amides is 1. The lowest BCUT2D eigenvalue weighted by atomic mass is 9.99. The van der Waals surface area contributed by atoms with Gasteiger partial charge in [-0.25, -0.2) is 0 Å². The van der Waals surface area contributed by atoms with Crippen LogP contribution >= 0.6 is 0 Å². The fourth-order valence-electron chi connectivity index (χ4n) is 3.60. The molecule has 1 fully saturated rings. The molecule has 0 unspecified atom stereocenters. The SMILES string of the molecule is N[C@@H]1CCC[C@H]1CC(=O)N1CCCCc2ccccc21. The van der Waals surface area contributed by atoms with Gasteiger partial charge in [-0.3, -0.25) is 4.79 Å². The van der Waals surface area contributed by atoms with Gasteiger partial charge in [-0.2, -0.15) is 0 Å². The molecular formula is C17H24N2O. The molecule has 1 saturated carbocycles. The topological polar surface area (TPSA) is 46.3 Å². The minimum atomic E-state index is 0.223. The van der Waals surface area contributed by atoms with Gasteiger partial charge < -0.3 is 10.6 Å². The molecule has 0 bridgehead atoms. The fourth-order valence-corrected chi connectivity index (χ4v) is 3.60. The van der Waals surface area contributed by atoms with Gasteiger partial charge in [-0.15, -0.1) is 0 Å². The largest absolute Gasteiger partial charge is 0.327 e. The monoisotopic (exact) mass is 272 g/mol. The molecule has 1 heterocycles. The van der Waals surface area contributed by atoms with Gasteiger partial charge in [0.25, 0.3) is 0 Å². The minimum absolute atomic E-state index is 0.223. The Bertz CT molecular complexity index is 486. The predicted octanol–water partition coefficient (Wildman–Crippen LogP) is 2.87. The van der Waals surface area contributed by atoms with Gasteiger partial charge in [0.05, 0.1) is 0 Å². The summed E-state index contributed by atoms with van der Waals surface area (Å²) in [4.78, 5) is 14.7. The molecular weight excluding hydrogens is 248 g/mol. The Morgan fingerprint density at radius 2 is 2.05 bits per heavy atom. The van der Waals surface area contributed by atoms with Gasteiger partial charge in [0.1, 0.15) is 0 Å². The highest BCUT2D eigenvalue weighted by molar-refractivity contribution is 5.94. The van der Waals surface area contributed by atoms with E-state index in [1.807, 2.05) is 11.0 Å². The summed E-state index contributed by atoms with van der Waals surface area (Å²) < 4.78 is 0. The Balaban J connectivity index is 1.77. The van der Waals surface area contributed by atoms with Gasteiger partial charge in [0.15, 0.2) is 0 Å². The van der Waals surface area contributed by atoms with E-state index in [0.717, 1.165) is 37.9 Å². The molecule has 2 atom stereocenters. The van der Waals surface area contributed by atoms with Gasteiger partial charge in [-0.05, 0) is 49.7 Å². The average molecular weight is 272 g/mol. The molecule has 1 amide bonds. The third kappa shape index (κ3) is 2.73. The van der Waals surface area contributed by atoms with Crippen molar-refractivity contribution in [3.05, 3.63) is 29.8 Å². The minimum Gasteiger partial charge on any atom is -0.327 e. The Morgan fingerprint density at radius 1 is 1.20 bits per heavy atom. The van der Waals surface area contributed by atoms with Crippen molar-refractivity contribution in [3.8, 4) is 0 Å². The van der Waals surface area contributed by atoms with Crippen molar-refractivity contribution >= 4 is 11.6 Å². The molecule has 0 saturated heterocycles. The number of carbonyl (C=O) groups excluding carboxylic acids is 1. The zero-order chi connectivity index (χ0) is 13.9. The van der Waals surface area contributed by atoms with E-state index in [2.05, 4.69) is 18.2 Å². The van der Waals surface area contributed by atoms with Gasteiger partial charge in [-0.1, -0.05) is 24.6 Å². The lowest BCUT2D eigenvalue weighted by Crippen LogP contribution is -2.36. The summed E-state index contributed by atoms with van der Waals surface area (Å²) in [5, 5.41) is 0. The summed E-state index contributed by atoms with van der Waals surface area (Å²) in [6, 6.07) is 8.57. The number of rotatable bonds is 2. The molecule has 1 aromatic carbocycles. The number of nitrogens with two attached hydrogens (primary N) is 1. The van der Waals surface area contributed by atoms with E-state index < -0.39 is 0 Å². The molecule has 108 valence electrons. The quantitative estimate of drug-likeness (QED) is 0.900. The van der Waals surface area contributed by atoms with Crippen molar-refractivity contribution in [3.63, 3.8) is 0 Å². The lowest BCUT2D eigenvalue weighted by Gasteiger charge is -2.25.